The van der Waals surface area contributed by atoms with E-state index in [1.807, 2.05) is 0 Å². The van der Waals surface area contributed by atoms with Gasteiger partial charge in [-0.25, -0.2) is 0 Å². The fourth-order valence-corrected chi connectivity index (χ4v) is 1.53. The summed E-state index contributed by atoms with van der Waals surface area (Å²) in [5.74, 6) is 0. The molecule has 2 unspecified atom stereocenters. The van der Waals surface area contributed by atoms with Crippen molar-refractivity contribution >= 4 is 43.7 Å². The standard InChI is InChI=1S/C4H8BO4P.C3H9O3P.C3H8O3P.CH3B.Li/c1-8-10(7,9-2)3-4(5)6;2*1-6-7(2,5)3-4;1-2;/h3H2,1-2H3;4H,3H2,1-2H3;4H,2-3H2,1H3;1H3;/q;;-1;;+1. The Morgan fingerprint density at radius 1 is 0.926 bits per heavy atom. The third-order valence-electron chi connectivity index (χ3n) is 2.10. The zero-order valence-corrected chi connectivity index (χ0v) is 19.7. The molecule has 0 amide bonds. The van der Waals surface area contributed by atoms with Crippen LogP contribution in [0.15, 0.2) is 0 Å². The van der Waals surface area contributed by atoms with Crippen molar-refractivity contribution in [3.8, 4) is 0 Å². The number of hydrogen-bond donors (Lipinski definition) is 2. The van der Waals surface area contributed by atoms with Crippen molar-refractivity contribution in [3.63, 3.8) is 0 Å². The minimum absolute atomic E-state index is 0. The van der Waals surface area contributed by atoms with Gasteiger partial charge in [0.2, 0.25) is 7.37 Å². The van der Waals surface area contributed by atoms with Crippen molar-refractivity contribution in [1.29, 1.82) is 0 Å². The van der Waals surface area contributed by atoms with Crippen molar-refractivity contribution < 1.29 is 65.7 Å². The van der Waals surface area contributed by atoms with Gasteiger partial charge in [-0.15, -0.1) is 0 Å². The molecule has 10 nitrogen and oxygen atoms in total. The summed E-state index contributed by atoms with van der Waals surface area (Å²) < 4.78 is 49.4. The molecule has 0 aromatic carbocycles. The summed E-state index contributed by atoms with van der Waals surface area (Å²) in [7, 11) is 5.57. The smallest absolute Gasteiger partial charge is 0.389 e. The van der Waals surface area contributed by atoms with Gasteiger partial charge in [-0.3, -0.25) is 15.8 Å². The topological polar surface area (TPSA) is 146 Å². The minimum Gasteiger partial charge on any atom is -0.389 e. The third-order valence-corrected chi connectivity index (χ3v) is 6.29. The number of carbonyl (C=O) groups excluding carboxylic acids is 1. The minimum atomic E-state index is -3.21. The molecule has 0 saturated carbocycles. The van der Waals surface area contributed by atoms with Crippen LogP contribution in [0.1, 0.15) is 0 Å². The third kappa shape index (κ3) is 29.1. The molecule has 0 saturated heterocycles. The number of aliphatic hydroxyl groups excluding tert-OH is 2. The number of rotatable bonds is 8. The van der Waals surface area contributed by atoms with Gasteiger partial charge in [-0.05, 0) is 0 Å². The maximum Gasteiger partial charge on any atom is 1.00 e. The molecule has 0 aromatic heterocycles. The fourth-order valence-electron chi connectivity index (χ4n) is 0.510. The second-order valence-corrected chi connectivity index (χ2v) is 11.3. The summed E-state index contributed by atoms with van der Waals surface area (Å²) >= 11 is 0. The second-order valence-electron chi connectivity index (χ2n) is 4.08. The van der Waals surface area contributed by atoms with E-state index in [2.05, 4.69) is 32.6 Å². The molecule has 0 aromatic rings. The Labute approximate surface area is 176 Å². The Morgan fingerprint density at radius 2 is 1.30 bits per heavy atom. The average Bonchev–Trinajstić information content (AvgIpc) is 2.63. The molecule has 2 atom stereocenters. The van der Waals surface area contributed by atoms with Crippen molar-refractivity contribution in [2.45, 2.75) is 6.82 Å². The predicted octanol–water partition coefficient (Wildman–Crippen LogP) is -1.48. The largest absolute Gasteiger partial charge is 1.00 e. The quantitative estimate of drug-likeness (QED) is 0.259. The van der Waals surface area contributed by atoms with E-state index in [0.29, 0.717) is 0 Å². The van der Waals surface area contributed by atoms with E-state index in [-0.39, 0.29) is 31.4 Å². The van der Waals surface area contributed by atoms with E-state index in [1.165, 1.54) is 41.9 Å². The van der Waals surface area contributed by atoms with E-state index < -0.39 is 34.4 Å². The molecule has 0 heterocycles. The average molecular weight is 442 g/mol. The van der Waals surface area contributed by atoms with Crippen LogP contribution in [0.3, 0.4) is 0 Å². The van der Waals surface area contributed by atoms with Crippen LogP contribution in [0.4, 0.5) is 0 Å². The molecule has 154 valence electrons. The summed E-state index contributed by atoms with van der Waals surface area (Å²) in [6, 6.07) is 0. The predicted molar refractivity (Wildman–Crippen MR) is 104 cm³/mol. The zero-order valence-electron chi connectivity index (χ0n) is 17.0. The van der Waals surface area contributed by atoms with Gasteiger partial charge in [-0.1, -0.05) is 6.82 Å². The molecular weight excluding hydrogens is 414 g/mol. The van der Waals surface area contributed by atoms with E-state index in [9.17, 15) is 18.5 Å². The Hall–Kier alpha value is 0.847. The van der Waals surface area contributed by atoms with E-state index in [4.69, 9.17) is 18.1 Å². The zero-order chi connectivity index (χ0) is 22.0. The molecule has 0 fully saturated rings. The van der Waals surface area contributed by atoms with E-state index in [0.717, 1.165) is 0 Å². The molecule has 2 N–H and O–H groups in total. The Bertz CT molecular complexity index is 447. The number of hydrogen-bond acceptors (Lipinski definition) is 10. The van der Waals surface area contributed by atoms with Crippen LogP contribution in [-0.4, -0.2) is 85.6 Å². The van der Waals surface area contributed by atoms with Gasteiger partial charge in [0.1, 0.15) is 6.35 Å². The van der Waals surface area contributed by atoms with Crippen LogP contribution in [0.2, 0.25) is 6.82 Å². The first kappa shape index (κ1) is 38.5. The Balaban J connectivity index is -0.0000000858. The fraction of sp³-hybridized carbons (Fsp3) is 0.818. The maximum atomic E-state index is 11.0. The monoisotopic (exact) mass is 442 g/mol. The van der Waals surface area contributed by atoms with E-state index in [1.54, 1.807) is 0 Å². The van der Waals surface area contributed by atoms with E-state index >= 15 is 0 Å². The van der Waals surface area contributed by atoms with Crippen LogP contribution in [0, 0.1) is 6.66 Å². The summed E-state index contributed by atoms with van der Waals surface area (Å²) in [6.07, 6.45) is -1.23. The first-order valence-electron chi connectivity index (χ1n) is 6.68. The second kappa shape index (κ2) is 21.6. The Morgan fingerprint density at radius 3 is 1.33 bits per heavy atom. The number of carbonyl (C=O) groups is 1. The molecular formula is C11H28B2LiO10P3. The summed E-state index contributed by atoms with van der Waals surface area (Å²) in [4.78, 5) is 10.2. The SMILES string of the molecule is COP(C)(=O)CO.[B]C.[B]C(=O)CP(=O)(OC)OC.[CH2-]P(=O)(CO)OC.[Li+]. The van der Waals surface area contributed by atoms with Gasteiger partial charge in [0.15, 0.2) is 7.85 Å². The van der Waals surface area contributed by atoms with Gasteiger partial charge in [0.05, 0.1) is 33.4 Å². The molecule has 4 radical (unpaired) electrons. The van der Waals surface area contributed by atoms with Crippen LogP contribution in [-0.2, 0) is 36.6 Å². The molecule has 0 bridgehead atoms. The van der Waals surface area contributed by atoms with Gasteiger partial charge < -0.3 is 37.7 Å². The molecule has 0 aliphatic carbocycles. The first-order chi connectivity index (χ1) is 11.8. The van der Waals surface area contributed by atoms with Gasteiger partial charge in [-0.2, -0.15) is 0 Å². The van der Waals surface area contributed by atoms with Crippen molar-refractivity contribution in [2.75, 3.05) is 54.0 Å². The van der Waals surface area contributed by atoms with Crippen molar-refractivity contribution in [1.82, 2.24) is 0 Å². The van der Waals surface area contributed by atoms with Crippen LogP contribution in [0.5, 0.6) is 0 Å². The molecule has 0 aliphatic heterocycles. The molecule has 27 heavy (non-hydrogen) atoms. The molecule has 0 aliphatic rings. The first-order valence-corrected chi connectivity index (χ1v) is 12.7. The summed E-state index contributed by atoms with van der Waals surface area (Å²) in [6.45, 7) is 5.97. The van der Waals surface area contributed by atoms with Crippen molar-refractivity contribution in [3.05, 3.63) is 6.66 Å². The Kier molecular flexibility index (Phi) is 30.7. The van der Waals surface area contributed by atoms with Gasteiger partial charge in [0.25, 0.3) is 0 Å². The molecule has 0 spiro atoms. The molecule has 0 rings (SSSR count). The van der Waals surface area contributed by atoms with Crippen molar-refractivity contribution in [2.24, 2.45) is 0 Å². The maximum absolute atomic E-state index is 11.0. The van der Waals surface area contributed by atoms with Crippen LogP contribution < -0.4 is 18.9 Å². The van der Waals surface area contributed by atoms with Crippen LogP contribution >= 0.6 is 22.3 Å². The van der Waals surface area contributed by atoms with Gasteiger partial charge >= 0.3 is 26.5 Å². The van der Waals surface area contributed by atoms with Gasteiger partial charge in [0, 0.05) is 35.1 Å². The summed E-state index contributed by atoms with van der Waals surface area (Å²) in [5.41, 5.74) is -0.702. The molecule has 16 heteroatoms. The van der Waals surface area contributed by atoms with Crippen LogP contribution in [0.25, 0.3) is 0 Å². The number of aliphatic hydroxyl groups is 2. The normalized spacial score (nSPS) is 14.1. The summed E-state index contributed by atoms with van der Waals surface area (Å²) in [5, 5.41) is 16.3.